The second kappa shape index (κ2) is 5.67. The summed E-state index contributed by atoms with van der Waals surface area (Å²) in [7, 11) is 0. The van der Waals surface area contributed by atoms with Gasteiger partial charge in [0.25, 0.3) is 0 Å². The van der Waals surface area contributed by atoms with Crippen LogP contribution in [0.4, 0.5) is 23.1 Å². The average Bonchev–Trinajstić information content (AvgIpc) is 2.60. The standard InChI is InChI=1S/C8H7F3N2O4S/c9-8(10,11)3-17-7(16)13-6-12-4(2-18-6)1-5(14)15/h2H,1,3H2,(H,14,15)(H,12,13,16). The summed E-state index contributed by atoms with van der Waals surface area (Å²) in [4.78, 5) is 24.9. The lowest BCUT2D eigenvalue weighted by Gasteiger charge is -2.07. The van der Waals surface area contributed by atoms with Crippen molar-refractivity contribution < 1.29 is 32.6 Å². The molecule has 1 aromatic rings. The molecule has 0 spiro atoms. The Hall–Kier alpha value is -1.84. The first kappa shape index (κ1) is 14.2. The van der Waals surface area contributed by atoms with Crippen molar-refractivity contribution in [2.24, 2.45) is 0 Å². The van der Waals surface area contributed by atoms with Crippen molar-refractivity contribution in [2.45, 2.75) is 12.6 Å². The van der Waals surface area contributed by atoms with Gasteiger partial charge in [0.2, 0.25) is 0 Å². The van der Waals surface area contributed by atoms with Crippen molar-refractivity contribution in [1.29, 1.82) is 0 Å². The Morgan fingerprint density at radius 2 is 2.17 bits per heavy atom. The van der Waals surface area contributed by atoms with Gasteiger partial charge in [-0.05, 0) is 0 Å². The van der Waals surface area contributed by atoms with Crippen molar-refractivity contribution in [2.75, 3.05) is 11.9 Å². The number of aromatic nitrogens is 1. The van der Waals surface area contributed by atoms with Crippen LogP contribution < -0.4 is 5.32 Å². The molecule has 0 saturated carbocycles. The summed E-state index contributed by atoms with van der Waals surface area (Å²) < 4.78 is 39.0. The molecular weight excluding hydrogens is 277 g/mol. The van der Waals surface area contributed by atoms with Gasteiger partial charge in [-0.2, -0.15) is 13.2 Å². The Labute approximate surface area is 102 Å². The van der Waals surface area contributed by atoms with Crippen LogP contribution >= 0.6 is 11.3 Å². The molecule has 2 N–H and O–H groups in total. The molecule has 0 aliphatic heterocycles. The number of anilines is 1. The second-order valence-corrected chi connectivity index (χ2v) is 3.89. The number of alkyl halides is 3. The van der Waals surface area contributed by atoms with Gasteiger partial charge in [0, 0.05) is 5.38 Å². The molecule has 0 saturated heterocycles. The number of carbonyl (C=O) groups is 2. The van der Waals surface area contributed by atoms with Crippen LogP contribution in [-0.4, -0.2) is 34.9 Å². The summed E-state index contributed by atoms with van der Waals surface area (Å²) in [5, 5.41) is 11.8. The van der Waals surface area contributed by atoms with Crippen molar-refractivity contribution in [3.8, 4) is 0 Å². The fraction of sp³-hybridized carbons (Fsp3) is 0.375. The van der Waals surface area contributed by atoms with E-state index in [9.17, 15) is 22.8 Å². The predicted molar refractivity (Wildman–Crippen MR) is 54.5 cm³/mol. The fourth-order valence-corrected chi connectivity index (χ4v) is 1.57. The Morgan fingerprint density at radius 1 is 1.50 bits per heavy atom. The minimum Gasteiger partial charge on any atom is -0.481 e. The zero-order valence-electron chi connectivity index (χ0n) is 8.65. The van der Waals surface area contributed by atoms with E-state index < -0.39 is 24.8 Å². The van der Waals surface area contributed by atoms with Gasteiger partial charge in [-0.3, -0.25) is 10.1 Å². The van der Waals surface area contributed by atoms with Gasteiger partial charge >= 0.3 is 18.2 Å². The highest BCUT2D eigenvalue weighted by atomic mass is 32.1. The van der Waals surface area contributed by atoms with E-state index in [0.717, 1.165) is 11.3 Å². The van der Waals surface area contributed by atoms with Crippen LogP contribution in [-0.2, 0) is 16.0 Å². The number of rotatable bonds is 4. The van der Waals surface area contributed by atoms with Crippen LogP contribution in [0.1, 0.15) is 5.69 Å². The maximum atomic E-state index is 11.7. The molecule has 10 heteroatoms. The number of hydrogen-bond acceptors (Lipinski definition) is 5. The number of halogens is 3. The van der Waals surface area contributed by atoms with Crippen LogP contribution in [0.25, 0.3) is 0 Å². The molecule has 18 heavy (non-hydrogen) atoms. The van der Waals surface area contributed by atoms with E-state index in [0.29, 0.717) is 0 Å². The molecule has 0 atom stereocenters. The number of thiazole rings is 1. The molecule has 0 unspecified atom stereocenters. The maximum Gasteiger partial charge on any atom is 0.422 e. The molecule has 100 valence electrons. The van der Waals surface area contributed by atoms with Crippen LogP contribution in [0.15, 0.2) is 5.38 Å². The van der Waals surface area contributed by atoms with Crippen molar-refractivity contribution in [3.05, 3.63) is 11.1 Å². The SMILES string of the molecule is O=C(O)Cc1csc(NC(=O)OCC(F)(F)F)n1. The summed E-state index contributed by atoms with van der Waals surface area (Å²) >= 11 is 0.886. The smallest absolute Gasteiger partial charge is 0.422 e. The number of amides is 1. The van der Waals surface area contributed by atoms with E-state index in [4.69, 9.17) is 5.11 Å². The highest BCUT2D eigenvalue weighted by Gasteiger charge is 2.29. The molecule has 0 aromatic carbocycles. The van der Waals surface area contributed by atoms with Crippen molar-refractivity contribution in [1.82, 2.24) is 4.98 Å². The quantitative estimate of drug-likeness (QED) is 0.881. The monoisotopic (exact) mass is 284 g/mol. The van der Waals surface area contributed by atoms with Crippen LogP contribution in [0.3, 0.4) is 0 Å². The summed E-state index contributed by atoms with van der Waals surface area (Å²) in [6, 6.07) is 0. The number of carboxylic acid groups (broad SMARTS) is 1. The second-order valence-electron chi connectivity index (χ2n) is 3.03. The molecule has 1 amide bonds. The lowest BCUT2D eigenvalue weighted by atomic mass is 10.3. The lowest BCUT2D eigenvalue weighted by Crippen LogP contribution is -2.23. The first-order valence-corrected chi connectivity index (χ1v) is 5.31. The van der Waals surface area contributed by atoms with Gasteiger partial charge in [0.1, 0.15) is 0 Å². The molecule has 0 aliphatic rings. The molecule has 0 fully saturated rings. The lowest BCUT2D eigenvalue weighted by molar-refractivity contribution is -0.159. The number of nitrogens with zero attached hydrogens (tertiary/aromatic N) is 1. The minimum absolute atomic E-state index is 0.0292. The van der Waals surface area contributed by atoms with E-state index in [1.807, 2.05) is 5.32 Å². The Balaban J connectivity index is 2.45. The third-order valence-electron chi connectivity index (χ3n) is 1.46. The number of aliphatic carboxylic acids is 1. The fourth-order valence-electron chi connectivity index (χ4n) is 0.871. The molecule has 1 heterocycles. The van der Waals surface area contributed by atoms with Crippen molar-refractivity contribution >= 4 is 28.5 Å². The predicted octanol–water partition coefficient (Wildman–Crippen LogP) is 1.88. The number of hydrogen-bond donors (Lipinski definition) is 2. The average molecular weight is 284 g/mol. The number of ether oxygens (including phenoxy) is 1. The Morgan fingerprint density at radius 3 is 2.72 bits per heavy atom. The Bertz CT molecular complexity index is 446. The molecular formula is C8H7F3N2O4S. The maximum absolute atomic E-state index is 11.7. The molecule has 1 aromatic heterocycles. The van der Waals surface area contributed by atoms with E-state index in [-0.39, 0.29) is 17.2 Å². The molecule has 0 bridgehead atoms. The topological polar surface area (TPSA) is 88.5 Å². The first-order chi connectivity index (χ1) is 8.26. The summed E-state index contributed by atoms with van der Waals surface area (Å²) in [6.45, 7) is -1.70. The van der Waals surface area contributed by atoms with Crippen LogP contribution in [0.2, 0.25) is 0 Å². The third-order valence-corrected chi connectivity index (χ3v) is 2.27. The minimum atomic E-state index is -4.60. The number of nitrogens with one attached hydrogen (secondary N) is 1. The van der Waals surface area contributed by atoms with Gasteiger partial charge in [-0.25, -0.2) is 9.78 Å². The molecule has 0 aliphatic carbocycles. The third kappa shape index (κ3) is 5.48. The Kier molecular flexibility index (Phi) is 4.48. The van der Waals surface area contributed by atoms with Gasteiger partial charge < -0.3 is 9.84 Å². The van der Waals surface area contributed by atoms with Gasteiger partial charge in [-0.15, -0.1) is 11.3 Å². The largest absolute Gasteiger partial charge is 0.481 e. The first-order valence-electron chi connectivity index (χ1n) is 4.43. The van der Waals surface area contributed by atoms with E-state index in [1.54, 1.807) is 0 Å². The summed E-state index contributed by atoms with van der Waals surface area (Å²) in [5.41, 5.74) is 0.193. The molecule has 0 radical (unpaired) electrons. The van der Waals surface area contributed by atoms with Crippen molar-refractivity contribution in [3.63, 3.8) is 0 Å². The molecule has 1 rings (SSSR count). The number of carbonyl (C=O) groups excluding carboxylic acids is 1. The highest BCUT2D eigenvalue weighted by Crippen LogP contribution is 2.17. The highest BCUT2D eigenvalue weighted by molar-refractivity contribution is 7.13. The molecule has 6 nitrogen and oxygen atoms in total. The van der Waals surface area contributed by atoms with Gasteiger partial charge in [-0.1, -0.05) is 0 Å². The summed E-state index contributed by atoms with van der Waals surface area (Å²) in [6.07, 6.45) is -6.24. The zero-order chi connectivity index (χ0) is 13.8. The van der Waals surface area contributed by atoms with E-state index in [1.165, 1.54) is 5.38 Å². The number of carboxylic acids is 1. The van der Waals surface area contributed by atoms with E-state index in [2.05, 4.69) is 9.72 Å². The normalized spacial score (nSPS) is 11.1. The van der Waals surface area contributed by atoms with Crippen LogP contribution in [0.5, 0.6) is 0 Å². The zero-order valence-corrected chi connectivity index (χ0v) is 9.47. The van der Waals surface area contributed by atoms with Gasteiger partial charge in [0.15, 0.2) is 11.7 Å². The summed E-state index contributed by atoms with van der Waals surface area (Å²) in [5.74, 6) is -1.11. The van der Waals surface area contributed by atoms with E-state index >= 15 is 0 Å². The van der Waals surface area contributed by atoms with Gasteiger partial charge in [0.05, 0.1) is 12.1 Å². The van der Waals surface area contributed by atoms with Crippen LogP contribution in [0, 0.1) is 0 Å².